The largest absolute Gasteiger partial charge is 0.375 e. The number of hydrogen-bond donors (Lipinski definition) is 0. The van der Waals surface area contributed by atoms with E-state index in [1.165, 1.54) is 4.88 Å². The summed E-state index contributed by atoms with van der Waals surface area (Å²) < 4.78 is 5.70. The zero-order valence-corrected chi connectivity index (χ0v) is 11.4. The SMILES string of the molecule is C[C@H]1CN(Cc2cc(C#N)cs2)C(C)(C)CO1. The van der Waals surface area contributed by atoms with Crippen LogP contribution in [0.2, 0.25) is 0 Å². The average Bonchev–Trinajstić information content (AvgIpc) is 2.72. The van der Waals surface area contributed by atoms with E-state index in [-0.39, 0.29) is 5.54 Å². The summed E-state index contributed by atoms with van der Waals surface area (Å²) in [7, 11) is 0. The van der Waals surface area contributed by atoms with E-state index in [0.29, 0.717) is 6.10 Å². The Bertz CT molecular complexity index is 433. The van der Waals surface area contributed by atoms with E-state index in [9.17, 15) is 0 Å². The Morgan fingerprint density at radius 3 is 3.06 bits per heavy atom. The van der Waals surface area contributed by atoms with Gasteiger partial charge in [-0.2, -0.15) is 5.26 Å². The van der Waals surface area contributed by atoms with Gasteiger partial charge in [-0.3, -0.25) is 4.90 Å². The van der Waals surface area contributed by atoms with E-state index < -0.39 is 0 Å². The van der Waals surface area contributed by atoms with Crippen molar-refractivity contribution in [2.75, 3.05) is 13.2 Å². The van der Waals surface area contributed by atoms with Crippen LogP contribution < -0.4 is 0 Å². The van der Waals surface area contributed by atoms with Crippen molar-refractivity contribution in [3.63, 3.8) is 0 Å². The molecule has 0 N–H and O–H groups in total. The van der Waals surface area contributed by atoms with Gasteiger partial charge in [0.25, 0.3) is 0 Å². The zero-order chi connectivity index (χ0) is 12.5. The number of nitriles is 1. The molecule has 0 bridgehead atoms. The second-order valence-corrected chi connectivity index (χ2v) is 6.22. The van der Waals surface area contributed by atoms with Crippen LogP contribution in [0.1, 0.15) is 31.2 Å². The second kappa shape index (κ2) is 4.77. The number of rotatable bonds is 2. The summed E-state index contributed by atoms with van der Waals surface area (Å²) in [6, 6.07) is 4.17. The molecule has 1 fully saturated rings. The molecule has 2 heterocycles. The van der Waals surface area contributed by atoms with Gasteiger partial charge in [0.1, 0.15) is 6.07 Å². The fourth-order valence-electron chi connectivity index (χ4n) is 2.04. The Labute approximate surface area is 107 Å². The third kappa shape index (κ3) is 2.86. The third-order valence-corrected chi connectivity index (χ3v) is 4.11. The summed E-state index contributed by atoms with van der Waals surface area (Å²) in [4.78, 5) is 3.69. The van der Waals surface area contributed by atoms with Gasteiger partial charge in [0.05, 0.1) is 18.3 Å². The van der Waals surface area contributed by atoms with Crippen molar-refractivity contribution >= 4 is 11.3 Å². The minimum absolute atomic E-state index is 0.0727. The summed E-state index contributed by atoms with van der Waals surface area (Å²) >= 11 is 1.66. The first kappa shape index (κ1) is 12.6. The molecule has 1 aromatic rings. The van der Waals surface area contributed by atoms with Gasteiger partial charge in [0.15, 0.2) is 0 Å². The van der Waals surface area contributed by atoms with Crippen LogP contribution in [0.3, 0.4) is 0 Å². The third-order valence-electron chi connectivity index (χ3n) is 3.18. The highest BCUT2D eigenvalue weighted by molar-refractivity contribution is 7.10. The van der Waals surface area contributed by atoms with Crippen LogP contribution in [0.4, 0.5) is 0 Å². The first-order valence-corrected chi connectivity index (χ1v) is 6.73. The average molecular weight is 250 g/mol. The molecule has 4 heteroatoms. The lowest BCUT2D eigenvalue weighted by Gasteiger charge is -2.44. The van der Waals surface area contributed by atoms with E-state index >= 15 is 0 Å². The van der Waals surface area contributed by atoms with Crippen molar-refractivity contribution in [3.8, 4) is 6.07 Å². The van der Waals surface area contributed by atoms with Crippen LogP contribution in [0, 0.1) is 11.3 Å². The van der Waals surface area contributed by atoms with Crippen LogP contribution in [-0.2, 0) is 11.3 Å². The van der Waals surface area contributed by atoms with Crippen molar-refractivity contribution in [2.45, 2.75) is 39.0 Å². The maximum Gasteiger partial charge on any atom is 0.100 e. The summed E-state index contributed by atoms with van der Waals surface area (Å²) in [5, 5.41) is 10.7. The molecule has 1 aromatic heterocycles. The molecule has 0 radical (unpaired) electrons. The van der Waals surface area contributed by atoms with E-state index in [1.54, 1.807) is 11.3 Å². The van der Waals surface area contributed by atoms with Crippen LogP contribution in [0.5, 0.6) is 0 Å². The van der Waals surface area contributed by atoms with Gasteiger partial charge in [-0.05, 0) is 26.8 Å². The molecule has 1 saturated heterocycles. The van der Waals surface area contributed by atoms with Gasteiger partial charge in [-0.15, -0.1) is 11.3 Å². The second-order valence-electron chi connectivity index (χ2n) is 5.23. The molecular weight excluding hydrogens is 232 g/mol. The molecular formula is C13H18N2OS. The maximum absolute atomic E-state index is 8.82. The Kier molecular flexibility index (Phi) is 3.53. The molecule has 92 valence electrons. The molecule has 1 aliphatic rings. The highest BCUT2D eigenvalue weighted by Crippen LogP contribution is 2.26. The quantitative estimate of drug-likeness (QED) is 0.809. The van der Waals surface area contributed by atoms with Gasteiger partial charge < -0.3 is 4.74 Å². The minimum Gasteiger partial charge on any atom is -0.375 e. The summed E-state index contributed by atoms with van der Waals surface area (Å²) in [6.07, 6.45) is 0.290. The Hall–Kier alpha value is -0.890. The van der Waals surface area contributed by atoms with Crippen molar-refractivity contribution in [1.29, 1.82) is 5.26 Å². The van der Waals surface area contributed by atoms with Crippen molar-refractivity contribution < 1.29 is 4.74 Å². The Balaban J connectivity index is 2.08. The van der Waals surface area contributed by atoms with Gasteiger partial charge >= 0.3 is 0 Å². The summed E-state index contributed by atoms with van der Waals surface area (Å²) in [5.74, 6) is 0. The summed E-state index contributed by atoms with van der Waals surface area (Å²) in [6.45, 7) is 9.15. The molecule has 0 saturated carbocycles. The van der Waals surface area contributed by atoms with Gasteiger partial charge in [-0.25, -0.2) is 0 Å². The lowest BCUT2D eigenvalue weighted by atomic mass is 10.0. The number of nitrogens with zero attached hydrogens (tertiary/aromatic N) is 2. The molecule has 0 unspecified atom stereocenters. The maximum atomic E-state index is 8.82. The van der Waals surface area contributed by atoms with Gasteiger partial charge in [-0.1, -0.05) is 0 Å². The smallest absolute Gasteiger partial charge is 0.100 e. The van der Waals surface area contributed by atoms with Crippen LogP contribution >= 0.6 is 11.3 Å². The highest BCUT2D eigenvalue weighted by Gasteiger charge is 2.33. The van der Waals surface area contributed by atoms with Crippen molar-refractivity contribution in [1.82, 2.24) is 4.90 Å². The van der Waals surface area contributed by atoms with Crippen LogP contribution in [0.25, 0.3) is 0 Å². The highest BCUT2D eigenvalue weighted by atomic mass is 32.1. The van der Waals surface area contributed by atoms with E-state index in [0.717, 1.165) is 25.3 Å². The van der Waals surface area contributed by atoms with E-state index in [1.807, 2.05) is 11.4 Å². The predicted molar refractivity (Wildman–Crippen MR) is 68.9 cm³/mol. The lowest BCUT2D eigenvalue weighted by Crippen LogP contribution is -2.54. The number of ether oxygens (including phenoxy) is 1. The van der Waals surface area contributed by atoms with Crippen LogP contribution in [0.15, 0.2) is 11.4 Å². The number of morpholine rings is 1. The molecule has 2 rings (SSSR count). The molecule has 3 nitrogen and oxygen atoms in total. The molecule has 0 aromatic carbocycles. The topological polar surface area (TPSA) is 36.3 Å². The fraction of sp³-hybridized carbons (Fsp3) is 0.615. The standard InChI is InChI=1S/C13H18N2OS/c1-10-6-15(13(2,3)9-16-10)7-12-4-11(5-14)8-17-12/h4,8,10H,6-7,9H2,1-3H3/t10-/m0/s1. The fourth-order valence-corrected chi connectivity index (χ4v) is 2.86. The van der Waals surface area contributed by atoms with E-state index in [4.69, 9.17) is 10.00 Å². The predicted octanol–water partition coefficient (Wildman–Crippen LogP) is 2.62. The van der Waals surface area contributed by atoms with Crippen molar-refractivity contribution in [3.05, 3.63) is 21.9 Å². The minimum atomic E-state index is 0.0727. The van der Waals surface area contributed by atoms with Gasteiger partial charge in [0.2, 0.25) is 0 Å². The van der Waals surface area contributed by atoms with Crippen molar-refractivity contribution in [2.24, 2.45) is 0 Å². The monoisotopic (exact) mass is 250 g/mol. The molecule has 0 aliphatic carbocycles. The molecule has 0 amide bonds. The lowest BCUT2D eigenvalue weighted by molar-refractivity contribution is -0.0946. The first-order chi connectivity index (χ1) is 8.01. The van der Waals surface area contributed by atoms with Gasteiger partial charge in [0, 0.05) is 28.9 Å². The van der Waals surface area contributed by atoms with Crippen LogP contribution in [-0.4, -0.2) is 29.7 Å². The van der Waals surface area contributed by atoms with E-state index in [2.05, 4.69) is 31.7 Å². The molecule has 1 aliphatic heterocycles. The normalized spacial score (nSPS) is 24.5. The molecule has 0 spiro atoms. The zero-order valence-electron chi connectivity index (χ0n) is 10.6. The summed E-state index contributed by atoms with van der Waals surface area (Å²) in [5.41, 5.74) is 0.840. The number of hydrogen-bond acceptors (Lipinski definition) is 4. The Morgan fingerprint density at radius 1 is 1.65 bits per heavy atom. The Morgan fingerprint density at radius 2 is 2.41 bits per heavy atom. The molecule has 1 atom stereocenters. The molecule has 17 heavy (non-hydrogen) atoms. The first-order valence-electron chi connectivity index (χ1n) is 5.85. The number of thiophene rings is 1.